The lowest BCUT2D eigenvalue weighted by Gasteiger charge is -2.09. The van der Waals surface area contributed by atoms with Crippen molar-refractivity contribution in [3.8, 4) is 5.82 Å². The summed E-state index contributed by atoms with van der Waals surface area (Å²) in [7, 11) is 1.81. The summed E-state index contributed by atoms with van der Waals surface area (Å²) in [4.78, 5) is 22.7. The van der Waals surface area contributed by atoms with Crippen LogP contribution in [0.5, 0.6) is 0 Å². The molecule has 8 heteroatoms. The van der Waals surface area contributed by atoms with Crippen molar-refractivity contribution < 1.29 is 4.79 Å². The van der Waals surface area contributed by atoms with E-state index >= 15 is 0 Å². The van der Waals surface area contributed by atoms with Gasteiger partial charge in [-0.15, -0.1) is 0 Å². The van der Waals surface area contributed by atoms with E-state index < -0.39 is 0 Å². The molecule has 3 aromatic heterocycles. The molecular formula is C21H20N6OS. The third kappa shape index (κ3) is 4.22. The van der Waals surface area contributed by atoms with E-state index in [-0.39, 0.29) is 5.91 Å². The molecule has 4 rings (SSSR count). The molecule has 7 nitrogen and oxygen atoms in total. The van der Waals surface area contributed by atoms with Crippen molar-refractivity contribution in [2.75, 3.05) is 5.32 Å². The van der Waals surface area contributed by atoms with Gasteiger partial charge in [-0.2, -0.15) is 5.10 Å². The third-order valence-electron chi connectivity index (χ3n) is 4.28. The summed E-state index contributed by atoms with van der Waals surface area (Å²) >= 11 is 1.49. The second-order valence-corrected chi connectivity index (χ2v) is 7.65. The Morgan fingerprint density at radius 3 is 2.34 bits per heavy atom. The molecule has 1 N–H and O–H groups in total. The van der Waals surface area contributed by atoms with E-state index in [1.54, 1.807) is 10.9 Å². The standard InChI is InChI=1S/C21H20N6OS/c1-14-12-15(2)24-21(23-14)29-17-8-6-16(7-9-17)25-19(28)18-13-22-26(3)20(18)27-10-4-5-11-27/h4-13H,1-3H3,(H,25,28). The van der Waals surface area contributed by atoms with Gasteiger partial charge in [0.1, 0.15) is 11.4 Å². The van der Waals surface area contributed by atoms with Crippen LogP contribution in [-0.2, 0) is 7.05 Å². The van der Waals surface area contributed by atoms with Crippen molar-refractivity contribution in [3.05, 3.63) is 78.0 Å². The van der Waals surface area contributed by atoms with E-state index in [0.717, 1.165) is 16.3 Å². The van der Waals surface area contributed by atoms with E-state index in [2.05, 4.69) is 20.4 Å². The van der Waals surface area contributed by atoms with Crippen LogP contribution >= 0.6 is 11.8 Å². The normalized spacial score (nSPS) is 10.9. The number of hydrogen-bond acceptors (Lipinski definition) is 5. The van der Waals surface area contributed by atoms with Crippen molar-refractivity contribution in [1.29, 1.82) is 0 Å². The highest BCUT2D eigenvalue weighted by Gasteiger charge is 2.17. The summed E-state index contributed by atoms with van der Waals surface area (Å²) in [5.74, 6) is 0.506. The Hall–Kier alpha value is -3.39. The molecule has 1 aromatic carbocycles. The number of carbonyl (C=O) groups is 1. The van der Waals surface area contributed by atoms with Crippen molar-refractivity contribution in [1.82, 2.24) is 24.3 Å². The lowest BCUT2D eigenvalue weighted by atomic mass is 10.2. The Kier molecular flexibility index (Phi) is 5.18. The van der Waals surface area contributed by atoms with Crippen LogP contribution in [0.4, 0.5) is 5.69 Å². The third-order valence-corrected chi connectivity index (χ3v) is 5.16. The molecule has 4 aromatic rings. The van der Waals surface area contributed by atoms with Gasteiger partial charge >= 0.3 is 0 Å². The smallest absolute Gasteiger partial charge is 0.261 e. The van der Waals surface area contributed by atoms with Gasteiger partial charge in [0.25, 0.3) is 5.91 Å². The van der Waals surface area contributed by atoms with Gasteiger partial charge < -0.3 is 9.88 Å². The second-order valence-electron chi connectivity index (χ2n) is 6.61. The molecule has 0 aliphatic carbocycles. The summed E-state index contributed by atoms with van der Waals surface area (Å²) in [6.07, 6.45) is 5.34. The monoisotopic (exact) mass is 404 g/mol. The number of rotatable bonds is 5. The highest BCUT2D eigenvalue weighted by molar-refractivity contribution is 7.99. The van der Waals surface area contributed by atoms with E-state index in [0.29, 0.717) is 22.2 Å². The van der Waals surface area contributed by atoms with Crippen molar-refractivity contribution in [2.24, 2.45) is 7.05 Å². The minimum Gasteiger partial charge on any atom is -0.322 e. The van der Waals surface area contributed by atoms with Gasteiger partial charge in [0, 0.05) is 41.4 Å². The number of anilines is 1. The van der Waals surface area contributed by atoms with E-state index in [1.807, 2.05) is 80.3 Å². The molecule has 0 saturated carbocycles. The molecule has 0 aliphatic heterocycles. The molecule has 0 fully saturated rings. The molecule has 0 atom stereocenters. The fourth-order valence-corrected chi connectivity index (χ4v) is 3.88. The fraction of sp³-hybridized carbons (Fsp3) is 0.143. The minimum absolute atomic E-state index is 0.208. The van der Waals surface area contributed by atoms with Gasteiger partial charge in [-0.05, 0) is 68.1 Å². The molecule has 0 saturated heterocycles. The second kappa shape index (κ2) is 7.92. The zero-order valence-corrected chi connectivity index (χ0v) is 17.1. The Balaban J connectivity index is 1.49. The number of hydrogen-bond donors (Lipinski definition) is 1. The molecule has 0 bridgehead atoms. The molecule has 0 spiro atoms. The van der Waals surface area contributed by atoms with Crippen LogP contribution in [0.2, 0.25) is 0 Å². The predicted molar refractivity (Wildman–Crippen MR) is 113 cm³/mol. The number of aromatic nitrogens is 5. The molecule has 3 heterocycles. The first-order valence-electron chi connectivity index (χ1n) is 9.06. The number of nitrogens with one attached hydrogen (secondary N) is 1. The number of benzene rings is 1. The molecule has 146 valence electrons. The molecule has 1 amide bonds. The van der Waals surface area contributed by atoms with Gasteiger partial charge in [-0.3, -0.25) is 9.48 Å². The largest absolute Gasteiger partial charge is 0.322 e. The molecule has 0 radical (unpaired) electrons. The first-order chi connectivity index (χ1) is 14.0. The SMILES string of the molecule is Cc1cc(C)nc(Sc2ccc(NC(=O)c3cnn(C)c3-n3cccc3)cc2)n1. The average Bonchev–Trinajstić information content (AvgIpc) is 3.31. The van der Waals surface area contributed by atoms with Crippen molar-refractivity contribution in [3.63, 3.8) is 0 Å². The summed E-state index contributed by atoms with van der Waals surface area (Å²) in [6, 6.07) is 13.4. The van der Waals surface area contributed by atoms with E-state index in [9.17, 15) is 4.79 Å². The highest BCUT2D eigenvalue weighted by atomic mass is 32.2. The summed E-state index contributed by atoms with van der Waals surface area (Å²) in [5, 5.41) is 7.88. The quantitative estimate of drug-likeness (QED) is 0.508. The highest BCUT2D eigenvalue weighted by Crippen LogP contribution is 2.26. The van der Waals surface area contributed by atoms with E-state index in [4.69, 9.17) is 0 Å². The Morgan fingerprint density at radius 2 is 1.69 bits per heavy atom. The van der Waals surface area contributed by atoms with Crippen LogP contribution in [0.1, 0.15) is 21.7 Å². The van der Waals surface area contributed by atoms with Gasteiger partial charge in [-0.1, -0.05) is 0 Å². The Bertz CT molecular complexity index is 1130. The lowest BCUT2D eigenvalue weighted by Crippen LogP contribution is -2.14. The van der Waals surface area contributed by atoms with Gasteiger partial charge in [0.15, 0.2) is 5.16 Å². The fourth-order valence-electron chi connectivity index (χ4n) is 3.02. The predicted octanol–water partition coefficient (Wildman–Crippen LogP) is 4.02. The molecule has 0 unspecified atom stereocenters. The average molecular weight is 404 g/mol. The lowest BCUT2D eigenvalue weighted by molar-refractivity contribution is 0.102. The summed E-state index contributed by atoms with van der Waals surface area (Å²) in [5.41, 5.74) is 3.10. The van der Waals surface area contributed by atoms with Crippen molar-refractivity contribution in [2.45, 2.75) is 23.9 Å². The maximum Gasteiger partial charge on any atom is 0.261 e. The van der Waals surface area contributed by atoms with Crippen LogP contribution < -0.4 is 5.32 Å². The summed E-state index contributed by atoms with van der Waals surface area (Å²) < 4.78 is 3.55. The molecular weight excluding hydrogens is 384 g/mol. The maximum absolute atomic E-state index is 12.8. The van der Waals surface area contributed by atoms with Crippen LogP contribution in [0.25, 0.3) is 5.82 Å². The number of amides is 1. The minimum atomic E-state index is -0.208. The summed E-state index contributed by atoms with van der Waals surface area (Å²) in [6.45, 7) is 3.91. The Morgan fingerprint density at radius 1 is 1.03 bits per heavy atom. The van der Waals surface area contributed by atoms with Crippen LogP contribution in [0, 0.1) is 13.8 Å². The van der Waals surface area contributed by atoms with Gasteiger partial charge in [-0.25, -0.2) is 9.97 Å². The van der Waals surface area contributed by atoms with Gasteiger partial charge in [0.05, 0.1) is 6.20 Å². The first-order valence-corrected chi connectivity index (χ1v) is 9.88. The van der Waals surface area contributed by atoms with Crippen molar-refractivity contribution >= 4 is 23.4 Å². The topological polar surface area (TPSA) is 77.6 Å². The number of aryl methyl sites for hydroxylation is 3. The van der Waals surface area contributed by atoms with Crippen LogP contribution in [-0.4, -0.2) is 30.2 Å². The van der Waals surface area contributed by atoms with Gasteiger partial charge in [0.2, 0.25) is 0 Å². The molecule has 29 heavy (non-hydrogen) atoms. The maximum atomic E-state index is 12.8. The number of carbonyl (C=O) groups excluding carboxylic acids is 1. The van der Waals surface area contributed by atoms with Crippen LogP contribution in [0.15, 0.2) is 71.1 Å². The number of nitrogens with zero attached hydrogens (tertiary/aromatic N) is 5. The van der Waals surface area contributed by atoms with E-state index in [1.165, 1.54) is 11.8 Å². The Labute approximate surface area is 172 Å². The zero-order valence-electron chi connectivity index (χ0n) is 16.3. The molecule has 0 aliphatic rings. The van der Waals surface area contributed by atoms with Crippen LogP contribution in [0.3, 0.4) is 0 Å². The zero-order chi connectivity index (χ0) is 20.4. The first kappa shape index (κ1) is 18.9.